The molecule has 3 heteroatoms. The van der Waals surface area contributed by atoms with E-state index in [2.05, 4.69) is 4.98 Å². The van der Waals surface area contributed by atoms with Crippen LogP contribution in [0.3, 0.4) is 0 Å². The van der Waals surface area contributed by atoms with E-state index in [0.717, 1.165) is 22.7 Å². The van der Waals surface area contributed by atoms with E-state index in [4.69, 9.17) is 17.3 Å². The van der Waals surface area contributed by atoms with E-state index in [9.17, 15) is 0 Å². The molecule has 1 aromatic carbocycles. The molecule has 1 atom stereocenters. The van der Waals surface area contributed by atoms with Crippen molar-refractivity contribution in [2.75, 3.05) is 0 Å². The van der Waals surface area contributed by atoms with E-state index >= 15 is 0 Å². The zero-order valence-corrected chi connectivity index (χ0v) is 9.56. The first-order valence-electron chi connectivity index (χ1n) is 5.16. The summed E-state index contributed by atoms with van der Waals surface area (Å²) in [7, 11) is 0. The van der Waals surface area contributed by atoms with Crippen molar-refractivity contribution < 1.29 is 0 Å². The third-order valence-corrected chi connectivity index (χ3v) is 2.65. The Kier molecular flexibility index (Phi) is 3.54. The minimum absolute atomic E-state index is 0.0836. The summed E-state index contributed by atoms with van der Waals surface area (Å²) >= 11 is 5.92. The zero-order valence-electron chi connectivity index (χ0n) is 8.81. The fourth-order valence-corrected chi connectivity index (χ4v) is 1.83. The number of benzene rings is 1. The van der Waals surface area contributed by atoms with Crippen molar-refractivity contribution in [1.82, 2.24) is 4.98 Å². The van der Waals surface area contributed by atoms with Crippen molar-refractivity contribution in [3.63, 3.8) is 0 Å². The Morgan fingerprint density at radius 2 is 2.06 bits per heavy atom. The van der Waals surface area contributed by atoms with Gasteiger partial charge in [0.15, 0.2) is 0 Å². The van der Waals surface area contributed by atoms with E-state index < -0.39 is 0 Å². The van der Waals surface area contributed by atoms with Gasteiger partial charge in [-0.05, 0) is 36.2 Å². The smallest absolute Gasteiger partial charge is 0.0574 e. The average Bonchev–Trinajstić information content (AvgIpc) is 2.30. The van der Waals surface area contributed by atoms with Crippen molar-refractivity contribution in [1.29, 1.82) is 0 Å². The largest absolute Gasteiger partial charge is 0.322 e. The van der Waals surface area contributed by atoms with Crippen LogP contribution in [0.2, 0.25) is 5.02 Å². The minimum atomic E-state index is -0.0836. The van der Waals surface area contributed by atoms with Gasteiger partial charge in [-0.15, -0.1) is 0 Å². The number of nitrogens with two attached hydrogens (primary N) is 1. The number of halogens is 1. The van der Waals surface area contributed by atoms with Gasteiger partial charge in [-0.1, -0.05) is 29.8 Å². The molecule has 16 heavy (non-hydrogen) atoms. The van der Waals surface area contributed by atoms with Gasteiger partial charge in [-0.25, -0.2) is 0 Å². The molecule has 0 fully saturated rings. The van der Waals surface area contributed by atoms with Crippen LogP contribution in [0.25, 0.3) is 0 Å². The van der Waals surface area contributed by atoms with Crippen LogP contribution in [0, 0.1) is 0 Å². The molecule has 0 saturated heterocycles. The molecule has 2 nitrogen and oxygen atoms in total. The summed E-state index contributed by atoms with van der Waals surface area (Å²) in [5.41, 5.74) is 8.11. The van der Waals surface area contributed by atoms with E-state index in [1.807, 2.05) is 42.5 Å². The number of nitrogens with zero attached hydrogens (tertiary/aromatic N) is 1. The Morgan fingerprint density at radius 3 is 2.75 bits per heavy atom. The van der Waals surface area contributed by atoms with Crippen molar-refractivity contribution >= 4 is 11.6 Å². The fraction of sp³-hybridized carbons (Fsp3) is 0.154. The molecule has 2 aromatic rings. The maximum atomic E-state index is 6.07. The van der Waals surface area contributed by atoms with Gasteiger partial charge in [0.05, 0.1) is 11.7 Å². The first-order chi connectivity index (χ1) is 7.75. The van der Waals surface area contributed by atoms with Gasteiger partial charge in [-0.2, -0.15) is 0 Å². The molecule has 0 aliphatic rings. The van der Waals surface area contributed by atoms with Crippen LogP contribution in [-0.4, -0.2) is 4.98 Å². The topological polar surface area (TPSA) is 38.9 Å². The molecule has 0 aliphatic heterocycles. The van der Waals surface area contributed by atoms with Crippen molar-refractivity contribution in [3.05, 3.63) is 64.9 Å². The summed E-state index contributed by atoms with van der Waals surface area (Å²) < 4.78 is 0. The Labute approximate surface area is 100 Å². The van der Waals surface area contributed by atoms with Gasteiger partial charge in [0, 0.05) is 11.2 Å². The molecular weight excluding hydrogens is 220 g/mol. The van der Waals surface area contributed by atoms with Gasteiger partial charge >= 0.3 is 0 Å². The van der Waals surface area contributed by atoms with Crippen LogP contribution >= 0.6 is 11.6 Å². The molecule has 0 bridgehead atoms. The molecule has 1 aromatic heterocycles. The first-order valence-corrected chi connectivity index (χ1v) is 5.54. The van der Waals surface area contributed by atoms with Crippen LogP contribution in [0.1, 0.15) is 17.3 Å². The quantitative estimate of drug-likeness (QED) is 0.884. The Balaban J connectivity index is 2.11. The van der Waals surface area contributed by atoms with Gasteiger partial charge in [0.2, 0.25) is 0 Å². The third kappa shape index (κ3) is 2.81. The van der Waals surface area contributed by atoms with E-state index in [1.54, 1.807) is 6.20 Å². The van der Waals surface area contributed by atoms with Gasteiger partial charge in [0.25, 0.3) is 0 Å². The van der Waals surface area contributed by atoms with Crippen LogP contribution in [0.4, 0.5) is 0 Å². The van der Waals surface area contributed by atoms with Crippen LogP contribution in [-0.2, 0) is 6.42 Å². The van der Waals surface area contributed by atoms with Crippen molar-refractivity contribution in [3.8, 4) is 0 Å². The molecule has 0 amide bonds. The molecule has 0 radical (unpaired) electrons. The number of pyridine rings is 1. The SMILES string of the molecule is NC(Cc1cccc(Cl)c1)c1ccccn1. The minimum Gasteiger partial charge on any atom is -0.322 e. The molecular formula is C13H13ClN2. The number of aromatic nitrogens is 1. The predicted molar refractivity (Wildman–Crippen MR) is 66.3 cm³/mol. The van der Waals surface area contributed by atoms with Crippen molar-refractivity contribution in [2.24, 2.45) is 5.73 Å². The second kappa shape index (κ2) is 5.10. The van der Waals surface area contributed by atoms with Gasteiger partial charge in [0.1, 0.15) is 0 Å². The van der Waals surface area contributed by atoms with E-state index in [0.29, 0.717) is 0 Å². The fourth-order valence-electron chi connectivity index (χ4n) is 1.62. The lowest BCUT2D eigenvalue weighted by Crippen LogP contribution is -2.14. The molecule has 2 rings (SSSR count). The highest BCUT2D eigenvalue weighted by Crippen LogP contribution is 2.16. The zero-order chi connectivity index (χ0) is 11.4. The average molecular weight is 233 g/mol. The maximum absolute atomic E-state index is 6.07. The van der Waals surface area contributed by atoms with Crippen molar-refractivity contribution in [2.45, 2.75) is 12.5 Å². The molecule has 0 saturated carbocycles. The highest BCUT2D eigenvalue weighted by atomic mass is 35.5. The standard InChI is InChI=1S/C13H13ClN2/c14-11-5-3-4-10(8-11)9-12(15)13-6-1-2-7-16-13/h1-8,12H,9,15H2. The normalized spacial score (nSPS) is 12.4. The summed E-state index contributed by atoms with van der Waals surface area (Å²) in [6.07, 6.45) is 2.50. The van der Waals surface area contributed by atoms with Gasteiger partial charge < -0.3 is 5.73 Å². The molecule has 1 heterocycles. The number of hydrogen-bond donors (Lipinski definition) is 1. The predicted octanol–water partition coefficient (Wildman–Crippen LogP) is 2.98. The molecule has 0 spiro atoms. The summed E-state index contributed by atoms with van der Waals surface area (Å²) in [6.45, 7) is 0. The lowest BCUT2D eigenvalue weighted by molar-refractivity contribution is 0.696. The van der Waals surface area contributed by atoms with Crippen LogP contribution < -0.4 is 5.73 Å². The van der Waals surface area contributed by atoms with Crippen LogP contribution in [0.5, 0.6) is 0 Å². The highest BCUT2D eigenvalue weighted by molar-refractivity contribution is 6.30. The third-order valence-electron chi connectivity index (χ3n) is 2.41. The lowest BCUT2D eigenvalue weighted by Gasteiger charge is -2.10. The number of hydrogen-bond acceptors (Lipinski definition) is 2. The second-order valence-corrected chi connectivity index (χ2v) is 4.13. The van der Waals surface area contributed by atoms with Crippen LogP contribution in [0.15, 0.2) is 48.7 Å². The summed E-state index contributed by atoms with van der Waals surface area (Å²) in [5, 5.41) is 0.741. The van der Waals surface area contributed by atoms with Gasteiger partial charge in [-0.3, -0.25) is 4.98 Å². The molecule has 0 aliphatic carbocycles. The molecule has 2 N–H and O–H groups in total. The number of rotatable bonds is 3. The summed E-state index contributed by atoms with van der Waals surface area (Å²) in [4.78, 5) is 4.24. The Bertz CT molecular complexity index is 456. The van der Waals surface area contributed by atoms with E-state index in [1.165, 1.54) is 0 Å². The Hall–Kier alpha value is -1.38. The Morgan fingerprint density at radius 1 is 1.19 bits per heavy atom. The molecule has 1 unspecified atom stereocenters. The summed E-state index contributed by atoms with van der Waals surface area (Å²) in [6, 6.07) is 13.4. The lowest BCUT2D eigenvalue weighted by atomic mass is 10.0. The second-order valence-electron chi connectivity index (χ2n) is 3.70. The first kappa shape index (κ1) is 11.1. The monoisotopic (exact) mass is 232 g/mol. The summed E-state index contributed by atoms with van der Waals surface area (Å²) in [5.74, 6) is 0. The van der Waals surface area contributed by atoms with E-state index in [-0.39, 0.29) is 6.04 Å². The highest BCUT2D eigenvalue weighted by Gasteiger charge is 2.07. The maximum Gasteiger partial charge on any atom is 0.0574 e. The molecule has 82 valence electrons.